The van der Waals surface area contributed by atoms with E-state index in [0.717, 1.165) is 0 Å². The molecule has 0 unspecified atom stereocenters. The molecule has 1 aromatic carbocycles. The molecular formula is C14H14ClN3O3. The van der Waals surface area contributed by atoms with E-state index in [1.807, 2.05) is 0 Å². The lowest BCUT2D eigenvalue weighted by Crippen LogP contribution is -2.16. The monoisotopic (exact) mass is 307 g/mol. The normalized spacial score (nSPS) is 10.2. The molecule has 2 rings (SSSR count). The van der Waals surface area contributed by atoms with Gasteiger partial charge in [-0.1, -0.05) is 11.6 Å². The van der Waals surface area contributed by atoms with Crippen LogP contribution in [0, 0.1) is 0 Å². The summed E-state index contributed by atoms with van der Waals surface area (Å²) in [5.41, 5.74) is 6.26. The lowest BCUT2D eigenvalue weighted by Gasteiger charge is -2.09. The Labute approximate surface area is 126 Å². The highest BCUT2D eigenvalue weighted by Crippen LogP contribution is 2.26. The maximum Gasteiger partial charge on any atom is 0.291 e. The number of benzene rings is 1. The summed E-state index contributed by atoms with van der Waals surface area (Å²) in [6.45, 7) is 0.275. The molecule has 6 nitrogen and oxygen atoms in total. The van der Waals surface area contributed by atoms with Crippen molar-refractivity contribution in [1.82, 2.24) is 0 Å². The highest BCUT2D eigenvalue weighted by atomic mass is 35.5. The van der Waals surface area contributed by atoms with Gasteiger partial charge < -0.3 is 20.8 Å². The zero-order valence-electron chi connectivity index (χ0n) is 11.1. The molecule has 2 aromatic rings. The number of halogens is 1. The summed E-state index contributed by atoms with van der Waals surface area (Å²) in [6.07, 6.45) is 1.64. The Bertz CT molecular complexity index is 641. The quantitative estimate of drug-likeness (QED) is 0.790. The largest absolute Gasteiger partial charge is 0.459 e. The third-order valence-corrected chi connectivity index (χ3v) is 2.93. The second kappa shape index (κ2) is 6.92. The number of carbonyl (C=O) groups excluding carboxylic acids is 2. The van der Waals surface area contributed by atoms with Crippen molar-refractivity contribution in [3.8, 4) is 0 Å². The molecule has 0 aliphatic rings. The average molecular weight is 308 g/mol. The Morgan fingerprint density at radius 3 is 2.67 bits per heavy atom. The minimum absolute atomic E-state index is 0.186. The molecule has 1 aromatic heterocycles. The van der Waals surface area contributed by atoms with Crippen molar-refractivity contribution in [1.29, 1.82) is 0 Å². The number of amides is 2. The molecule has 110 valence electrons. The summed E-state index contributed by atoms with van der Waals surface area (Å²) >= 11 is 6.07. The van der Waals surface area contributed by atoms with Gasteiger partial charge in [0.05, 0.1) is 17.0 Å². The van der Waals surface area contributed by atoms with E-state index in [2.05, 4.69) is 10.6 Å². The number of nitrogens with one attached hydrogen (secondary N) is 2. The van der Waals surface area contributed by atoms with Gasteiger partial charge in [-0.15, -0.1) is 0 Å². The molecule has 21 heavy (non-hydrogen) atoms. The lowest BCUT2D eigenvalue weighted by atomic mass is 10.2. The number of nitrogens with two attached hydrogens (primary N) is 1. The minimum Gasteiger partial charge on any atom is -0.459 e. The topological polar surface area (TPSA) is 97.4 Å². The van der Waals surface area contributed by atoms with Crippen LogP contribution in [0.25, 0.3) is 0 Å². The van der Waals surface area contributed by atoms with E-state index in [1.165, 1.54) is 6.26 Å². The fourth-order valence-electron chi connectivity index (χ4n) is 1.64. The molecule has 4 N–H and O–H groups in total. The van der Waals surface area contributed by atoms with Crippen LogP contribution >= 0.6 is 11.6 Å². The summed E-state index contributed by atoms with van der Waals surface area (Å²) in [5.74, 6) is -0.408. The molecule has 7 heteroatoms. The van der Waals surface area contributed by atoms with Gasteiger partial charge in [-0.2, -0.15) is 0 Å². The predicted molar refractivity (Wildman–Crippen MR) is 80.4 cm³/mol. The van der Waals surface area contributed by atoms with Gasteiger partial charge in [0.1, 0.15) is 0 Å². The first-order valence-corrected chi connectivity index (χ1v) is 6.62. The molecule has 2 amide bonds. The third kappa shape index (κ3) is 4.08. The third-order valence-electron chi connectivity index (χ3n) is 2.62. The fourth-order valence-corrected chi connectivity index (χ4v) is 1.87. The van der Waals surface area contributed by atoms with E-state index >= 15 is 0 Å². The number of hydrogen-bond donors (Lipinski definition) is 3. The van der Waals surface area contributed by atoms with Crippen LogP contribution in [-0.4, -0.2) is 18.4 Å². The van der Waals surface area contributed by atoms with E-state index in [9.17, 15) is 9.59 Å². The van der Waals surface area contributed by atoms with Crippen molar-refractivity contribution in [3.05, 3.63) is 47.4 Å². The van der Waals surface area contributed by atoms with Gasteiger partial charge in [0.15, 0.2) is 5.76 Å². The van der Waals surface area contributed by atoms with Crippen LogP contribution in [0.4, 0.5) is 11.4 Å². The number of anilines is 2. The molecule has 0 saturated carbocycles. The van der Waals surface area contributed by atoms with E-state index in [1.54, 1.807) is 30.3 Å². The van der Waals surface area contributed by atoms with Crippen LogP contribution in [0.3, 0.4) is 0 Å². The van der Waals surface area contributed by atoms with Gasteiger partial charge in [-0.05, 0) is 30.3 Å². The van der Waals surface area contributed by atoms with E-state index in [4.69, 9.17) is 21.8 Å². The van der Waals surface area contributed by atoms with Crippen LogP contribution in [0.1, 0.15) is 17.0 Å². The maximum atomic E-state index is 11.8. The van der Waals surface area contributed by atoms with E-state index < -0.39 is 5.91 Å². The average Bonchev–Trinajstić information content (AvgIpc) is 2.96. The van der Waals surface area contributed by atoms with Crippen LogP contribution < -0.4 is 16.4 Å². The first-order valence-electron chi connectivity index (χ1n) is 6.24. The molecule has 0 bridgehead atoms. The number of hydrogen-bond acceptors (Lipinski definition) is 4. The van der Waals surface area contributed by atoms with E-state index in [0.29, 0.717) is 16.4 Å². The molecule has 0 radical (unpaired) electrons. The Balaban J connectivity index is 2.05. The van der Waals surface area contributed by atoms with Gasteiger partial charge in [-0.3, -0.25) is 9.59 Å². The predicted octanol–water partition coefficient (Wildman–Crippen LogP) is 2.47. The zero-order valence-corrected chi connectivity index (χ0v) is 11.8. The molecule has 0 fully saturated rings. The number of rotatable bonds is 5. The summed E-state index contributed by atoms with van der Waals surface area (Å²) < 4.78 is 4.99. The lowest BCUT2D eigenvalue weighted by molar-refractivity contribution is -0.116. The highest BCUT2D eigenvalue weighted by Gasteiger charge is 2.11. The van der Waals surface area contributed by atoms with Crippen LogP contribution in [0.5, 0.6) is 0 Å². The molecule has 0 saturated heterocycles. The first-order chi connectivity index (χ1) is 10.1. The summed E-state index contributed by atoms with van der Waals surface area (Å²) in [4.78, 5) is 23.3. The molecule has 0 aliphatic heterocycles. The van der Waals surface area contributed by atoms with Crippen molar-refractivity contribution >= 4 is 34.8 Å². The van der Waals surface area contributed by atoms with Gasteiger partial charge in [0.2, 0.25) is 5.91 Å². The summed E-state index contributed by atoms with van der Waals surface area (Å²) in [6, 6.07) is 7.95. The molecule has 1 heterocycles. The van der Waals surface area contributed by atoms with Crippen LogP contribution in [0.2, 0.25) is 5.02 Å². The Morgan fingerprint density at radius 1 is 1.24 bits per heavy atom. The molecule has 0 spiro atoms. The van der Waals surface area contributed by atoms with Crippen molar-refractivity contribution in [2.45, 2.75) is 6.42 Å². The molecule has 0 atom stereocenters. The fraction of sp³-hybridized carbons (Fsp3) is 0.143. The second-order valence-electron chi connectivity index (χ2n) is 4.21. The summed E-state index contributed by atoms with van der Waals surface area (Å²) in [7, 11) is 0. The number of carbonyl (C=O) groups is 2. The standard InChI is InChI=1S/C14H14ClN3O3/c15-10-8-9(17-13(19)5-6-16)3-4-11(10)18-14(20)12-2-1-7-21-12/h1-4,7-8H,5-6,16H2,(H,17,19)(H,18,20). The SMILES string of the molecule is NCCC(=O)Nc1ccc(NC(=O)c2ccco2)c(Cl)c1. The van der Waals surface area contributed by atoms with Crippen molar-refractivity contribution in [2.24, 2.45) is 5.73 Å². The first kappa shape index (κ1) is 15.1. The Hall–Kier alpha value is -2.31. The Morgan fingerprint density at radius 2 is 2.05 bits per heavy atom. The van der Waals surface area contributed by atoms with E-state index in [-0.39, 0.29) is 24.6 Å². The zero-order chi connectivity index (χ0) is 15.2. The van der Waals surface area contributed by atoms with Crippen LogP contribution in [0.15, 0.2) is 41.0 Å². The minimum atomic E-state index is -0.401. The highest BCUT2D eigenvalue weighted by molar-refractivity contribution is 6.34. The summed E-state index contributed by atoms with van der Waals surface area (Å²) in [5, 5.41) is 5.58. The van der Waals surface area contributed by atoms with Gasteiger partial charge in [0, 0.05) is 18.7 Å². The Kier molecular flexibility index (Phi) is 4.97. The van der Waals surface area contributed by atoms with Gasteiger partial charge in [0.25, 0.3) is 5.91 Å². The van der Waals surface area contributed by atoms with Crippen LogP contribution in [-0.2, 0) is 4.79 Å². The van der Waals surface area contributed by atoms with Gasteiger partial charge in [-0.25, -0.2) is 0 Å². The maximum absolute atomic E-state index is 11.8. The van der Waals surface area contributed by atoms with Crippen molar-refractivity contribution < 1.29 is 14.0 Å². The molecular weight excluding hydrogens is 294 g/mol. The van der Waals surface area contributed by atoms with Crippen molar-refractivity contribution in [2.75, 3.05) is 17.2 Å². The van der Waals surface area contributed by atoms with Crippen molar-refractivity contribution in [3.63, 3.8) is 0 Å². The number of furan rings is 1. The molecule has 0 aliphatic carbocycles. The van der Waals surface area contributed by atoms with Gasteiger partial charge >= 0.3 is 0 Å². The smallest absolute Gasteiger partial charge is 0.291 e. The second-order valence-corrected chi connectivity index (χ2v) is 4.62.